The molecule has 0 aliphatic heterocycles. The van der Waals surface area contributed by atoms with Crippen LogP contribution in [0.25, 0.3) is 0 Å². The number of terminal acetylenes is 1. The van der Waals surface area contributed by atoms with E-state index in [4.69, 9.17) is 6.42 Å². The molecule has 13 heavy (non-hydrogen) atoms. The van der Waals surface area contributed by atoms with Crippen molar-refractivity contribution in [2.24, 2.45) is 0 Å². The van der Waals surface area contributed by atoms with Crippen molar-refractivity contribution in [2.45, 2.75) is 6.92 Å². The zero-order chi connectivity index (χ0) is 10.1. The van der Waals surface area contributed by atoms with Crippen LogP contribution in [0.2, 0.25) is 0 Å². The topological polar surface area (TPSA) is 43.1 Å². The van der Waals surface area contributed by atoms with Crippen LogP contribution in [-0.4, -0.2) is 10.7 Å². The predicted octanol–water partition coefficient (Wildman–Crippen LogP) is 1.95. The molecule has 0 saturated carbocycles. The second-order valence-electron chi connectivity index (χ2n) is 1.60. The zero-order valence-electron chi connectivity index (χ0n) is 6.86. The fourth-order valence-electron chi connectivity index (χ4n) is 0.364. The first-order chi connectivity index (χ1) is 6.20. The molecule has 0 saturated heterocycles. The number of thioether (sulfide) groups is 2. The lowest BCUT2D eigenvalue weighted by Crippen LogP contribution is -1.86. The third-order valence-electron chi connectivity index (χ3n) is 0.715. The Labute approximate surface area is 85.5 Å². The summed E-state index contributed by atoms with van der Waals surface area (Å²) in [6, 6.07) is 0. The number of nitro groups is 1. The maximum atomic E-state index is 10.1. The molecule has 0 spiro atoms. The van der Waals surface area contributed by atoms with E-state index >= 15 is 0 Å². The molecule has 0 heterocycles. The van der Waals surface area contributed by atoms with Gasteiger partial charge in [-0.25, -0.2) is 0 Å². The summed E-state index contributed by atoms with van der Waals surface area (Å²) in [4.78, 5) is 9.45. The molecule has 0 aliphatic rings. The standard InChI is InChI=1S/C8H6NO2S2/c1-3-5-12-8(7-9(10)11)13-6-4-2/h1H,5H2,2H3/q-1. The van der Waals surface area contributed by atoms with E-state index < -0.39 is 4.92 Å². The van der Waals surface area contributed by atoms with Crippen molar-refractivity contribution in [3.8, 4) is 23.5 Å². The van der Waals surface area contributed by atoms with Crippen molar-refractivity contribution >= 4 is 23.5 Å². The van der Waals surface area contributed by atoms with E-state index in [-0.39, 0.29) is 0 Å². The van der Waals surface area contributed by atoms with Gasteiger partial charge in [-0.3, -0.25) is 10.1 Å². The molecule has 0 amide bonds. The minimum atomic E-state index is -0.636. The molecule has 0 radical (unpaired) electrons. The van der Waals surface area contributed by atoms with Crippen LogP contribution in [0.4, 0.5) is 0 Å². The van der Waals surface area contributed by atoms with Crippen LogP contribution >= 0.6 is 23.5 Å². The predicted molar refractivity (Wildman–Crippen MR) is 56.1 cm³/mol. The zero-order valence-corrected chi connectivity index (χ0v) is 8.50. The van der Waals surface area contributed by atoms with Gasteiger partial charge >= 0.3 is 0 Å². The SMILES string of the molecule is C#CCSC(=[C-][N+](=O)[O-])SC#CC. The Morgan fingerprint density at radius 3 is 2.92 bits per heavy atom. The highest BCUT2D eigenvalue weighted by Crippen LogP contribution is 2.26. The van der Waals surface area contributed by atoms with Crippen molar-refractivity contribution in [3.63, 3.8) is 0 Å². The van der Waals surface area contributed by atoms with E-state index in [2.05, 4.69) is 17.1 Å². The van der Waals surface area contributed by atoms with Crippen LogP contribution in [0, 0.1) is 39.8 Å². The Morgan fingerprint density at radius 2 is 2.46 bits per heavy atom. The van der Waals surface area contributed by atoms with Crippen molar-refractivity contribution in [2.75, 3.05) is 5.75 Å². The summed E-state index contributed by atoms with van der Waals surface area (Å²) >= 11 is 2.24. The fourth-order valence-corrected chi connectivity index (χ4v) is 1.57. The highest BCUT2D eigenvalue weighted by atomic mass is 32.2. The molecule has 0 rings (SSSR count). The average Bonchev–Trinajstić information content (AvgIpc) is 2.09. The Morgan fingerprint density at radius 1 is 1.77 bits per heavy atom. The molecule has 3 nitrogen and oxygen atoms in total. The molecular formula is C8H6NO2S2-. The van der Waals surface area contributed by atoms with Crippen LogP contribution in [0.3, 0.4) is 0 Å². The lowest BCUT2D eigenvalue weighted by Gasteiger charge is -2.04. The van der Waals surface area contributed by atoms with Crippen molar-refractivity contribution < 1.29 is 4.92 Å². The molecule has 0 aromatic carbocycles. The molecule has 0 atom stereocenters. The first-order valence-electron chi connectivity index (χ1n) is 3.13. The highest BCUT2D eigenvalue weighted by molar-refractivity contribution is 8.24. The van der Waals surface area contributed by atoms with Crippen LogP contribution in [-0.2, 0) is 0 Å². The number of rotatable bonds is 4. The Balaban J connectivity index is 4.25. The highest BCUT2D eigenvalue weighted by Gasteiger charge is 1.90. The quantitative estimate of drug-likeness (QED) is 0.235. The summed E-state index contributed by atoms with van der Waals surface area (Å²) in [6.07, 6.45) is 7.03. The minimum absolute atomic E-state index is 0.383. The lowest BCUT2D eigenvalue weighted by atomic mass is 10.8. The molecule has 0 N–H and O–H groups in total. The number of nitrogens with zero attached hydrogens (tertiary/aromatic N) is 1. The smallest absolute Gasteiger partial charge is 0.0570 e. The summed E-state index contributed by atoms with van der Waals surface area (Å²) in [5, 5.41) is 12.7. The molecule has 5 heteroatoms. The lowest BCUT2D eigenvalue weighted by molar-refractivity contribution is -0.419. The molecular weight excluding hydrogens is 206 g/mol. The van der Waals surface area contributed by atoms with Crippen molar-refractivity contribution in [3.05, 3.63) is 20.6 Å². The van der Waals surface area contributed by atoms with E-state index in [1.54, 1.807) is 6.92 Å². The summed E-state index contributed by atoms with van der Waals surface area (Å²) in [7, 11) is 0. The van der Waals surface area contributed by atoms with Gasteiger partial charge in [-0.05, 0) is 12.2 Å². The van der Waals surface area contributed by atoms with Crippen LogP contribution < -0.4 is 0 Å². The molecule has 0 bridgehead atoms. The summed E-state index contributed by atoms with van der Waals surface area (Å²) in [5.74, 6) is 5.36. The van der Waals surface area contributed by atoms with Gasteiger partial charge in [0.25, 0.3) is 0 Å². The molecule has 0 unspecified atom stereocenters. The van der Waals surface area contributed by atoms with Crippen LogP contribution in [0.15, 0.2) is 4.24 Å². The maximum Gasteiger partial charge on any atom is 0.0570 e. The molecule has 0 aromatic rings. The molecule has 0 fully saturated rings. The molecule has 68 valence electrons. The van der Waals surface area contributed by atoms with E-state index in [1.807, 2.05) is 6.20 Å². The summed E-state index contributed by atoms with van der Waals surface area (Å²) in [5.41, 5.74) is 0. The third kappa shape index (κ3) is 7.32. The third-order valence-corrected chi connectivity index (χ3v) is 2.57. The maximum absolute atomic E-state index is 10.1. The van der Waals surface area contributed by atoms with Crippen molar-refractivity contribution in [1.82, 2.24) is 0 Å². The number of hydrogen-bond acceptors (Lipinski definition) is 4. The monoisotopic (exact) mass is 212 g/mol. The average molecular weight is 212 g/mol. The van der Waals surface area contributed by atoms with Gasteiger partial charge in [-0.2, -0.15) is 0 Å². The van der Waals surface area contributed by atoms with Gasteiger partial charge in [0.2, 0.25) is 0 Å². The van der Waals surface area contributed by atoms with E-state index in [0.29, 0.717) is 9.99 Å². The van der Waals surface area contributed by atoms with Gasteiger partial charge in [0, 0.05) is 0 Å². The molecule has 0 aromatic heterocycles. The van der Waals surface area contributed by atoms with Crippen LogP contribution in [0.5, 0.6) is 0 Å². The summed E-state index contributed by atoms with van der Waals surface area (Å²) < 4.78 is 0.386. The van der Waals surface area contributed by atoms with E-state index in [9.17, 15) is 10.1 Å². The number of hydrogen-bond donors (Lipinski definition) is 0. The van der Waals surface area contributed by atoms with Gasteiger partial charge in [-0.1, -0.05) is 34.0 Å². The normalized spacial score (nSPS) is 9.69. The van der Waals surface area contributed by atoms with Gasteiger partial charge in [-0.15, -0.1) is 23.1 Å². The van der Waals surface area contributed by atoms with E-state index in [1.165, 1.54) is 11.8 Å². The van der Waals surface area contributed by atoms with Gasteiger partial charge in [0.1, 0.15) is 0 Å². The van der Waals surface area contributed by atoms with Gasteiger partial charge < -0.3 is 0 Å². The first-order valence-corrected chi connectivity index (χ1v) is 4.93. The second-order valence-corrected chi connectivity index (χ2v) is 3.66. The Hall–Kier alpha value is -1.04. The fraction of sp³-hybridized carbons (Fsp3) is 0.250. The van der Waals surface area contributed by atoms with Gasteiger partial charge in [0.05, 0.1) is 5.75 Å². The summed E-state index contributed by atoms with van der Waals surface area (Å²) in [6.45, 7) is 1.66. The van der Waals surface area contributed by atoms with Gasteiger partial charge in [0.15, 0.2) is 0 Å². The first kappa shape index (κ1) is 12.0. The van der Waals surface area contributed by atoms with Crippen molar-refractivity contribution in [1.29, 1.82) is 0 Å². The van der Waals surface area contributed by atoms with Crippen LogP contribution in [0.1, 0.15) is 6.92 Å². The second kappa shape index (κ2) is 7.60. The Kier molecular flexibility index (Phi) is 6.99. The van der Waals surface area contributed by atoms with E-state index in [0.717, 1.165) is 11.8 Å². The largest absolute Gasteiger partial charge is 0.297 e. The minimum Gasteiger partial charge on any atom is -0.297 e. The molecule has 0 aliphatic carbocycles. The Bertz CT molecular complexity index is 306.